The minimum absolute atomic E-state index is 0.0138. The molecule has 7 atom stereocenters. The zero-order chi connectivity index (χ0) is 58.9. The Morgan fingerprint density at radius 2 is 1.35 bits per heavy atom. The van der Waals surface area contributed by atoms with Crippen molar-refractivity contribution < 1.29 is 57.5 Å². The maximum absolute atomic E-state index is 14.9. The van der Waals surface area contributed by atoms with Crippen molar-refractivity contribution in [2.45, 2.75) is 145 Å². The van der Waals surface area contributed by atoms with E-state index in [9.17, 15) is 52.7 Å². The van der Waals surface area contributed by atoms with Gasteiger partial charge in [-0.1, -0.05) is 77.9 Å². The number of nitrogens with zero attached hydrogens (tertiary/aromatic N) is 2. The van der Waals surface area contributed by atoms with E-state index < -0.39 is 138 Å². The lowest BCUT2D eigenvalue weighted by molar-refractivity contribution is -0.142. The predicted octanol–water partition coefficient (Wildman–Crippen LogP) is -2.09. The third-order valence-corrected chi connectivity index (χ3v) is 16.8. The summed E-state index contributed by atoms with van der Waals surface area (Å²) in [6.45, 7) is 5.59. The summed E-state index contributed by atoms with van der Waals surface area (Å²) in [6.07, 6.45) is -0.413. The SMILES string of the molecule is CCOc1ccc(C[C@@H]2NC(=O)CC(CC)(CC)SSC[C@@H](C(=O)N3CCC[C@H]3C(=O)N[C@H](CCCN=C(N)N)C(=O)NCC(N)=O)NC(=O)[C@H](CC(N)=O)NC(=O)[C@H](CCC(N)=O)NC(=O)[C@H](Cc3ccccc3)NC2=O)cc1. The van der Waals surface area contributed by atoms with Gasteiger partial charge >= 0.3 is 0 Å². The Kier molecular flexibility index (Phi) is 26.3. The van der Waals surface area contributed by atoms with E-state index in [1.807, 2.05) is 20.8 Å². The predicted molar refractivity (Wildman–Crippen MR) is 300 cm³/mol. The molecule has 2 fully saturated rings. The molecule has 0 radical (unpaired) electrons. The van der Waals surface area contributed by atoms with E-state index in [0.29, 0.717) is 42.7 Å². The second-order valence-electron chi connectivity index (χ2n) is 19.3. The van der Waals surface area contributed by atoms with Gasteiger partial charge in [0.2, 0.25) is 65.0 Å². The highest BCUT2D eigenvalue weighted by Crippen LogP contribution is 2.44. The van der Waals surface area contributed by atoms with Crippen molar-refractivity contribution in [3.8, 4) is 5.75 Å². The number of rotatable bonds is 23. The lowest BCUT2D eigenvalue weighted by Gasteiger charge is -2.33. The van der Waals surface area contributed by atoms with E-state index in [0.717, 1.165) is 10.8 Å². The highest BCUT2D eigenvalue weighted by Gasteiger charge is 2.41. The minimum Gasteiger partial charge on any atom is -0.494 e. The van der Waals surface area contributed by atoms with Crippen molar-refractivity contribution in [1.29, 1.82) is 0 Å². The monoisotopic (exact) mass is 1150 g/mol. The maximum atomic E-state index is 14.9. The van der Waals surface area contributed by atoms with E-state index in [4.69, 9.17) is 33.4 Å². The Morgan fingerprint density at radius 1 is 0.750 bits per heavy atom. The van der Waals surface area contributed by atoms with Crippen LogP contribution in [0.2, 0.25) is 0 Å². The number of hydrogen-bond acceptors (Lipinski definition) is 15. The molecular weight excluding hydrogens is 1080 g/mol. The number of aliphatic imine (C=N–C) groups is 1. The van der Waals surface area contributed by atoms with Crippen LogP contribution in [0.4, 0.5) is 0 Å². The minimum atomic E-state index is -1.78. The van der Waals surface area contributed by atoms with Crippen LogP contribution in [0.5, 0.6) is 5.75 Å². The molecule has 0 aliphatic carbocycles. The van der Waals surface area contributed by atoms with Crippen LogP contribution in [0, 0.1) is 0 Å². The number of likely N-dealkylation sites (tertiary alicyclic amines) is 1. The zero-order valence-corrected chi connectivity index (χ0v) is 46.9. The highest BCUT2D eigenvalue weighted by molar-refractivity contribution is 8.77. The summed E-state index contributed by atoms with van der Waals surface area (Å²) < 4.78 is 4.77. The van der Waals surface area contributed by atoms with E-state index in [1.165, 1.54) is 15.7 Å². The number of nitrogens with one attached hydrogen (secondary N) is 7. The molecule has 0 unspecified atom stereocenters. The summed E-state index contributed by atoms with van der Waals surface area (Å²) in [6, 6.07) is 5.65. The molecule has 11 amide bonds. The number of guanidine groups is 1. The quantitative estimate of drug-likeness (QED) is 0.0246. The molecule has 2 aliphatic heterocycles. The molecule has 438 valence electrons. The van der Waals surface area contributed by atoms with E-state index >= 15 is 0 Å². The molecule has 0 saturated carbocycles. The van der Waals surface area contributed by atoms with Crippen molar-refractivity contribution in [3.63, 3.8) is 0 Å². The largest absolute Gasteiger partial charge is 0.494 e. The number of carbonyl (C=O) groups is 11. The van der Waals surface area contributed by atoms with Gasteiger partial charge in [-0.3, -0.25) is 57.7 Å². The normalized spacial score (nSPS) is 21.6. The van der Waals surface area contributed by atoms with Crippen molar-refractivity contribution in [1.82, 2.24) is 42.1 Å². The summed E-state index contributed by atoms with van der Waals surface area (Å²) >= 11 is 0. The first-order chi connectivity index (χ1) is 38.1. The number of nitrogens with two attached hydrogens (primary N) is 5. The van der Waals surface area contributed by atoms with Gasteiger partial charge < -0.3 is 75.5 Å². The first-order valence-corrected chi connectivity index (χ1v) is 28.7. The van der Waals surface area contributed by atoms with Gasteiger partial charge in [0.05, 0.1) is 19.6 Å². The summed E-state index contributed by atoms with van der Waals surface area (Å²) in [5.41, 5.74) is 28.5. The highest BCUT2D eigenvalue weighted by atomic mass is 33.1. The maximum Gasteiger partial charge on any atom is 0.246 e. The van der Waals surface area contributed by atoms with Gasteiger partial charge in [0.25, 0.3) is 0 Å². The zero-order valence-electron chi connectivity index (χ0n) is 45.3. The Hall–Kier alpha value is -7.62. The van der Waals surface area contributed by atoms with Crippen LogP contribution in [-0.2, 0) is 65.6 Å². The lowest BCUT2D eigenvalue weighted by Crippen LogP contribution is -2.61. The second kappa shape index (κ2) is 32.5. The molecule has 28 heteroatoms. The topological polar surface area (TPSA) is 427 Å². The summed E-state index contributed by atoms with van der Waals surface area (Å²) in [4.78, 5) is 156. The van der Waals surface area contributed by atoms with Crippen molar-refractivity contribution in [2.24, 2.45) is 33.7 Å². The number of amides is 11. The van der Waals surface area contributed by atoms with Crippen molar-refractivity contribution in [2.75, 3.05) is 32.0 Å². The molecule has 26 nitrogen and oxygen atoms in total. The molecular formula is C52H76N14O12S2. The molecule has 0 bridgehead atoms. The Bertz CT molecular complexity index is 2530. The third kappa shape index (κ3) is 21.2. The Balaban J connectivity index is 1.78. The van der Waals surface area contributed by atoms with Crippen molar-refractivity contribution >= 4 is 92.5 Å². The van der Waals surface area contributed by atoms with E-state index in [-0.39, 0.29) is 63.3 Å². The lowest BCUT2D eigenvalue weighted by atomic mass is 9.96. The van der Waals surface area contributed by atoms with Gasteiger partial charge in [0.15, 0.2) is 5.96 Å². The smallest absolute Gasteiger partial charge is 0.246 e. The van der Waals surface area contributed by atoms with Gasteiger partial charge in [-0.2, -0.15) is 0 Å². The van der Waals surface area contributed by atoms with Gasteiger partial charge in [-0.15, -0.1) is 0 Å². The molecule has 0 spiro atoms. The number of benzene rings is 2. The van der Waals surface area contributed by atoms with Gasteiger partial charge in [-0.25, -0.2) is 0 Å². The van der Waals surface area contributed by atoms with Crippen LogP contribution < -0.4 is 70.6 Å². The van der Waals surface area contributed by atoms with Crippen LogP contribution in [0.15, 0.2) is 59.6 Å². The van der Waals surface area contributed by atoms with Crippen LogP contribution in [-0.4, -0.2) is 155 Å². The fraction of sp³-hybridized carbons (Fsp3) is 0.538. The Morgan fingerprint density at radius 3 is 1.95 bits per heavy atom. The van der Waals surface area contributed by atoms with Gasteiger partial charge in [0, 0.05) is 49.3 Å². The first-order valence-electron chi connectivity index (χ1n) is 26.4. The van der Waals surface area contributed by atoms with E-state index in [2.05, 4.69) is 42.2 Å². The molecule has 2 aromatic rings. The summed E-state index contributed by atoms with van der Waals surface area (Å²) in [5, 5.41) is 18.4. The Labute approximate surface area is 472 Å². The standard InChI is InChI=1S/C52H76N14O12S2/c1-4-52(5-2)27-43(70)60-35(25-31-16-18-32(19-17-31)78-6-3)46(73)63-36(24-30-12-8-7-9-13-30)47(74)61-34(20-21-40(53)67)45(72)64-37(26-41(54)68)48(75)65-38(29-79-80-52)50(77)66-23-11-15-39(66)49(76)62-33(14-10-22-58-51(56)57)44(71)59-28-42(55)69/h7-9,12-13,16-19,33-39H,4-6,10-11,14-15,20-29H2,1-3H3,(H2,53,67)(H2,54,68)(H2,55,69)(H,59,71)(H,60,70)(H,61,74)(H,62,76)(H,63,73)(H,64,72)(H,65,75)(H4,56,57,58)/t33-,34+,35+,36+,37+,38+,39+/m1/s1. The fourth-order valence-electron chi connectivity index (χ4n) is 8.88. The number of hydrogen-bond donors (Lipinski definition) is 12. The third-order valence-electron chi connectivity index (χ3n) is 13.3. The van der Waals surface area contributed by atoms with E-state index in [1.54, 1.807) is 54.6 Å². The van der Waals surface area contributed by atoms with Crippen LogP contribution in [0.3, 0.4) is 0 Å². The molecule has 0 aromatic heterocycles. The summed E-state index contributed by atoms with van der Waals surface area (Å²) in [5.74, 6) is -9.06. The van der Waals surface area contributed by atoms with Crippen LogP contribution >= 0.6 is 21.6 Å². The molecule has 2 aliphatic rings. The second-order valence-corrected chi connectivity index (χ2v) is 22.1. The summed E-state index contributed by atoms with van der Waals surface area (Å²) in [7, 11) is 2.39. The number of primary amides is 3. The molecule has 2 aromatic carbocycles. The average molecular weight is 1150 g/mol. The number of carbonyl (C=O) groups excluding carboxylic acids is 11. The van der Waals surface area contributed by atoms with Gasteiger partial charge in [0.1, 0.15) is 48.0 Å². The van der Waals surface area contributed by atoms with Crippen LogP contribution in [0.1, 0.15) is 96.1 Å². The molecule has 80 heavy (non-hydrogen) atoms. The fourth-order valence-corrected chi connectivity index (χ4v) is 12.2. The van der Waals surface area contributed by atoms with Crippen molar-refractivity contribution in [3.05, 3.63) is 65.7 Å². The molecule has 2 saturated heterocycles. The van der Waals surface area contributed by atoms with Gasteiger partial charge in [-0.05, 0) is 75.1 Å². The molecule has 2 heterocycles. The number of ether oxygens (including phenoxy) is 1. The molecule has 17 N–H and O–H groups in total. The molecule has 4 rings (SSSR count). The first kappa shape index (κ1) is 64.9. The van der Waals surface area contributed by atoms with Crippen LogP contribution in [0.25, 0.3) is 0 Å². The average Bonchev–Trinajstić information content (AvgIpc) is 3.92.